The van der Waals surface area contributed by atoms with Gasteiger partial charge < -0.3 is 15.7 Å². The zero-order valence-electron chi connectivity index (χ0n) is 17.3. The van der Waals surface area contributed by atoms with Gasteiger partial charge in [-0.2, -0.15) is 0 Å². The SMILES string of the molecule is CNc1ccc([C@H]2CCC[C@H](C(=O)Nc3ccc(C(C)C)cc3)[C@@H]2C(=O)O)cc1. The van der Waals surface area contributed by atoms with Crippen LogP contribution in [0.15, 0.2) is 48.5 Å². The number of hydrogen-bond donors (Lipinski definition) is 3. The van der Waals surface area contributed by atoms with E-state index >= 15 is 0 Å². The van der Waals surface area contributed by atoms with E-state index in [0.717, 1.165) is 24.1 Å². The first kappa shape index (κ1) is 20.9. The zero-order chi connectivity index (χ0) is 21.0. The predicted octanol–water partition coefficient (Wildman–Crippen LogP) is 5.07. The first-order valence-electron chi connectivity index (χ1n) is 10.3. The van der Waals surface area contributed by atoms with Crippen LogP contribution in [0.4, 0.5) is 11.4 Å². The highest BCUT2D eigenvalue weighted by Gasteiger charge is 2.42. The maximum Gasteiger partial charge on any atom is 0.307 e. The van der Waals surface area contributed by atoms with Gasteiger partial charge in [-0.25, -0.2) is 0 Å². The number of carboxylic acids is 1. The average Bonchev–Trinajstić information content (AvgIpc) is 2.73. The van der Waals surface area contributed by atoms with Crippen LogP contribution in [-0.2, 0) is 9.59 Å². The molecule has 0 bridgehead atoms. The molecule has 0 spiro atoms. The van der Waals surface area contributed by atoms with Gasteiger partial charge >= 0.3 is 5.97 Å². The molecule has 1 aliphatic carbocycles. The van der Waals surface area contributed by atoms with Crippen molar-refractivity contribution in [3.05, 3.63) is 59.7 Å². The lowest BCUT2D eigenvalue weighted by Crippen LogP contribution is -2.40. The molecule has 0 heterocycles. The van der Waals surface area contributed by atoms with Crippen LogP contribution in [-0.4, -0.2) is 24.0 Å². The van der Waals surface area contributed by atoms with Crippen molar-refractivity contribution in [1.29, 1.82) is 0 Å². The third kappa shape index (κ3) is 4.78. The Labute approximate surface area is 172 Å². The van der Waals surface area contributed by atoms with Crippen LogP contribution in [0.5, 0.6) is 0 Å². The number of aliphatic carboxylic acids is 1. The summed E-state index contributed by atoms with van der Waals surface area (Å²) in [5, 5.41) is 16.0. The molecule has 1 fully saturated rings. The monoisotopic (exact) mass is 394 g/mol. The third-order valence-electron chi connectivity index (χ3n) is 5.99. The summed E-state index contributed by atoms with van der Waals surface area (Å²) in [6.45, 7) is 4.24. The molecular formula is C24H30N2O3. The molecule has 0 aliphatic heterocycles. The second-order valence-corrected chi connectivity index (χ2v) is 8.15. The summed E-state index contributed by atoms with van der Waals surface area (Å²) in [7, 11) is 1.85. The quantitative estimate of drug-likeness (QED) is 0.639. The molecule has 0 aromatic heterocycles. The lowest BCUT2D eigenvalue weighted by Gasteiger charge is -2.35. The number of nitrogens with one attached hydrogen (secondary N) is 2. The van der Waals surface area contributed by atoms with Crippen LogP contribution in [0, 0.1) is 11.8 Å². The van der Waals surface area contributed by atoms with E-state index in [1.54, 1.807) is 0 Å². The van der Waals surface area contributed by atoms with Gasteiger partial charge in [-0.15, -0.1) is 0 Å². The van der Waals surface area contributed by atoms with E-state index in [-0.39, 0.29) is 11.8 Å². The minimum absolute atomic E-state index is 0.161. The number of carbonyl (C=O) groups excluding carboxylic acids is 1. The van der Waals surface area contributed by atoms with Gasteiger partial charge in [0.15, 0.2) is 0 Å². The van der Waals surface area contributed by atoms with E-state index < -0.39 is 17.8 Å². The van der Waals surface area contributed by atoms with Crippen molar-refractivity contribution < 1.29 is 14.7 Å². The largest absolute Gasteiger partial charge is 0.481 e. The molecule has 0 unspecified atom stereocenters. The Kier molecular flexibility index (Phi) is 6.57. The Morgan fingerprint density at radius 3 is 2.14 bits per heavy atom. The summed E-state index contributed by atoms with van der Waals surface area (Å²) in [4.78, 5) is 25.1. The molecule has 29 heavy (non-hydrogen) atoms. The minimum atomic E-state index is -0.900. The first-order chi connectivity index (χ1) is 13.9. The van der Waals surface area contributed by atoms with E-state index in [4.69, 9.17) is 0 Å². The van der Waals surface area contributed by atoms with Crippen LogP contribution in [0.1, 0.15) is 56.1 Å². The normalized spacial score (nSPS) is 21.6. The van der Waals surface area contributed by atoms with Crippen molar-refractivity contribution in [3.63, 3.8) is 0 Å². The summed E-state index contributed by atoms with van der Waals surface area (Å²) in [6, 6.07) is 15.6. The molecule has 1 saturated carbocycles. The van der Waals surface area contributed by atoms with Crippen LogP contribution in [0.2, 0.25) is 0 Å². The number of amides is 1. The van der Waals surface area contributed by atoms with Crippen molar-refractivity contribution in [2.45, 2.75) is 44.9 Å². The van der Waals surface area contributed by atoms with Crippen LogP contribution < -0.4 is 10.6 Å². The molecular weight excluding hydrogens is 364 g/mol. The minimum Gasteiger partial charge on any atom is -0.481 e. The van der Waals surface area contributed by atoms with Crippen LogP contribution in [0.25, 0.3) is 0 Å². The van der Waals surface area contributed by atoms with Gasteiger partial charge in [0.1, 0.15) is 0 Å². The second-order valence-electron chi connectivity index (χ2n) is 8.15. The highest BCUT2D eigenvalue weighted by Crippen LogP contribution is 2.42. The molecule has 154 valence electrons. The fraction of sp³-hybridized carbons (Fsp3) is 0.417. The van der Waals surface area contributed by atoms with Gasteiger partial charge in [0.05, 0.1) is 11.8 Å². The molecule has 3 atom stereocenters. The Bertz CT molecular complexity index is 843. The number of anilines is 2. The molecule has 0 radical (unpaired) electrons. The number of hydrogen-bond acceptors (Lipinski definition) is 3. The Hall–Kier alpha value is -2.82. The van der Waals surface area contributed by atoms with Gasteiger partial charge in [0.25, 0.3) is 0 Å². The lowest BCUT2D eigenvalue weighted by atomic mass is 9.69. The number of carboxylic acid groups (broad SMARTS) is 1. The van der Waals surface area contributed by atoms with Crippen LogP contribution >= 0.6 is 0 Å². The molecule has 2 aromatic rings. The maximum atomic E-state index is 13.0. The van der Waals surface area contributed by atoms with E-state index in [1.807, 2.05) is 55.6 Å². The van der Waals surface area contributed by atoms with E-state index in [0.29, 0.717) is 18.0 Å². The number of rotatable bonds is 6. The molecule has 5 nitrogen and oxygen atoms in total. The lowest BCUT2D eigenvalue weighted by molar-refractivity contribution is -0.148. The van der Waals surface area contributed by atoms with E-state index in [2.05, 4.69) is 24.5 Å². The van der Waals surface area contributed by atoms with E-state index in [9.17, 15) is 14.7 Å². The third-order valence-corrected chi connectivity index (χ3v) is 5.99. The maximum absolute atomic E-state index is 13.0. The fourth-order valence-electron chi connectivity index (χ4n) is 4.29. The Balaban J connectivity index is 1.79. The average molecular weight is 395 g/mol. The van der Waals surface area contributed by atoms with Crippen LogP contribution in [0.3, 0.4) is 0 Å². The fourth-order valence-corrected chi connectivity index (χ4v) is 4.29. The predicted molar refractivity (Wildman–Crippen MR) is 116 cm³/mol. The Morgan fingerprint density at radius 1 is 0.966 bits per heavy atom. The smallest absolute Gasteiger partial charge is 0.307 e. The highest BCUT2D eigenvalue weighted by atomic mass is 16.4. The molecule has 3 rings (SSSR count). The standard InChI is InChI=1S/C24H30N2O3/c1-15(2)16-7-13-19(14-8-16)26-23(27)21-6-4-5-20(22(21)24(28)29)17-9-11-18(25-3)12-10-17/h7-15,20-22,25H,4-6H2,1-3H3,(H,26,27)(H,28,29)/t20-,21+,22-/m1/s1. The van der Waals surface area contributed by atoms with Gasteiger partial charge in [-0.1, -0.05) is 44.5 Å². The van der Waals surface area contributed by atoms with Gasteiger partial charge in [0.2, 0.25) is 5.91 Å². The molecule has 1 aliphatic rings. The van der Waals surface area contributed by atoms with Gasteiger partial charge in [-0.3, -0.25) is 9.59 Å². The molecule has 3 N–H and O–H groups in total. The number of carbonyl (C=O) groups is 2. The molecule has 5 heteroatoms. The molecule has 1 amide bonds. The zero-order valence-corrected chi connectivity index (χ0v) is 17.3. The first-order valence-corrected chi connectivity index (χ1v) is 10.3. The summed E-state index contributed by atoms with van der Waals surface area (Å²) in [5.41, 5.74) is 3.88. The topological polar surface area (TPSA) is 78.4 Å². The Morgan fingerprint density at radius 2 is 1.59 bits per heavy atom. The summed E-state index contributed by atoms with van der Waals surface area (Å²) < 4.78 is 0. The molecule has 2 aromatic carbocycles. The summed E-state index contributed by atoms with van der Waals surface area (Å²) in [6.07, 6.45) is 2.22. The van der Waals surface area contributed by atoms with Gasteiger partial charge in [-0.05, 0) is 60.1 Å². The molecule has 0 saturated heterocycles. The van der Waals surface area contributed by atoms with Crippen molar-refractivity contribution in [1.82, 2.24) is 0 Å². The van der Waals surface area contributed by atoms with E-state index in [1.165, 1.54) is 5.56 Å². The second kappa shape index (κ2) is 9.12. The summed E-state index contributed by atoms with van der Waals surface area (Å²) in [5.74, 6) is -2.11. The van der Waals surface area contributed by atoms with Crippen molar-refractivity contribution >= 4 is 23.3 Å². The van der Waals surface area contributed by atoms with Crippen molar-refractivity contribution in [2.75, 3.05) is 17.7 Å². The highest BCUT2D eigenvalue weighted by molar-refractivity contribution is 5.95. The summed E-state index contributed by atoms with van der Waals surface area (Å²) >= 11 is 0. The van der Waals surface area contributed by atoms with Crippen molar-refractivity contribution in [2.24, 2.45) is 11.8 Å². The van der Waals surface area contributed by atoms with Crippen molar-refractivity contribution in [3.8, 4) is 0 Å². The number of benzene rings is 2. The van der Waals surface area contributed by atoms with Gasteiger partial charge in [0, 0.05) is 18.4 Å².